The summed E-state index contributed by atoms with van der Waals surface area (Å²) in [5, 5.41) is 1.13. The van der Waals surface area contributed by atoms with E-state index in [1.165, 1.54) is 55.8 Å². The Kier molecular flexibility index (Phi) is 11.2. The van der Waals surface area contributed by atoms with Crippen molar-refractivity contribution in [1.82, 2.24) is 9.55 Å². The first-order valence-electron chi connectivity index (χ1n) is 29.8. The van der Waals surface area contributed by atoms with Crippen LogP contribution in [0.1, 0.15) is 162 Å². The topological polar surface area (TPSA) is 33.5 Å². The number of rotatable bonds is 7. The quantitative estimate of drug-likeness (QED) is 0.159. The second-order valence-corrected chi connectivity index (χ2v) is 27.5. The van der Waals surface area contributed by atoms with Crippen LogP contribution < -0.4 is 14.5 Å². The summed E-state index contributed by atoms with van der Waals surface area (Å²) < 4.78 is 44.4. The molecule has 77 heavy (non-hydrogen) atoms. The Labute approximate surface area is 465 Å². The van der Waals surface area contributed by atoms with E-state index in [0.717, 1.165) is 35.5 Å². The van der Waals surface area contributed by atoms with E-state index >= 15 is 0 Å². The number of pyridine rings is 1. The summed E-state index contributed by atoms with van der Waals surface area (Å²) >= 11 is 0. The van der Waals surface area contributed by atoms with Gasteiger partial charge in [0.25, 0.3) is 0 Å². The smallest absolute Gasteiger partial charge is 0.137 e. The van der Waals surface area contributed by atoms with Gasteiger partial charge in [-0.1, -0.05) is 184 Å². The highest BCUT2D eigenvalue weighted by molar-refractivity contribution is 6.09. The molecule has 0 saturated heterocycles. The summed E-state index contributed by atoms with van der Waals surface area (Å²) in [6.45, 7) is 37.6. The summed E-state index contributed by atoms with van der Waals surface area (Å²) in [5.41, 5.74) is 17.7. The highest BCUT2D eigenvalue weighted by atomic mass is 16.5. The van der Waals surface area contributed by atoms with Gasteiger partial charge in [0.1, 0.15) is 24.0 Å². The number of fused-ring (bicyclic) bond motifs is 5. The maximum absolute atomic E-state index is 9.17. The number of para-hydroxylation sites is 3. The van der Waals surface area contributed by atoms with Crippen molar-refractivity contribution < 1.29 is 10.2 Å². The number of hydrogen-bond acceptors (Lipinski definition) is 4. The lowest BCUT2D eigenvalue weighted by Gasteiger charge is -2.42. The number of ether oxygens (including phenoxy) is 1. The maximum atomic E-state index is 9.17. The Bertz CT molecular complexity index is 3970. The van der Waals surface area contributed by atoms with Crippen LogP contribution in [0.3, 0.4) is 0 Å². The largest absolute Gasteiger partial charge is 0.457 e. The van der Waals surface area contributed by atoms with E-state index in [0.29, 0.717) is 45.8 Å². The summed E-state index contributed by atoms with van der Waals surface area (Å²) in [5.74, 6) is 1.78. The first-order valence-corrected chi connectivity index (χ1v) is 27.8. The van der Waals surface area contributed by atoms with Crippen molar-refractivity contribution in [3.8, 4) is 39.6 Å². The number of hydrogen-bond donors (Lipinski definition) is 0. The lowest BCUT2D eigenvalue weighted by molar-refractivity contribution is 0.332. The van der Waals surface area contributed by atoms with Gasteiger partial charge in [0, 0.05) is 45.9 Å². The Morgan fingerprint density at radius 1 is 0.494 bits per heavy atom. The summed E-state index contributed by atoms with van der Waals surface area (Å²) in [6, 6.07) is 45.7. The molecule has 2 aromatic heterocycles. The second-order valence-electron chi connectivity index (χ2n) is 27.5. The molecule has 0 atom stereocenters. The molecule has 11 rings (SSSR count). The van der Waals surface area contributed by atoms with Crippen LogP contribution in [-0.2, 0) is 32.5 Å². The van der Waals surface area contributed by atoms with Crippen molar-refractivity contribution >= 4 is 44.6 Å². The third-order valence-corrected chi connectivity index (χ3v) is 16.7. The van der Waals surface area contributed by atoms with Gasteiger partial charge in [-0.2, -0.15) is 0 Å². The highest BCUT2D eigenvalue weighted by Gasteiger charge is 2.39. The molecule has 0 amide bonds. The maximum Gasteiger partial charge on any atom is 0.137 e. The fourth-order valence-corrected chi connectivity index (χ4v) is 11.7. The van der Waals surface area contributed by atoms with Crippen molar-refractivity contribution in [2.75, 3.05) is 16.5 Å². The molecule has 0 N–H and O–H groups in total. The van der Waals surface area contributed by atoms with Crippen molar-refractivity contribution in [3.63, 3.8) is 0 Å². The molecule has 1 aliphatic heterocycles. The van der Waals surface area contributed by atoms with Crippen molar-refractivity contribution in [1.29, 1.82) is 0 Å². The monoisotopic (exact) mass is 1020 g/mol. The summed E-state index contributed by atoms with van der Waals surface area (Å²) in [4.78, 5) is 9.76. The molecule has 0 saturated carbocycles. The molecular weight excluding hydrogens is 937 g/mol. The number of aromatic nitrogens is 2. The van der Waals surface area contributed by atoms with E-state index < -0.39 is 0 Å². The normalized spacial score (nSPS) is 16.3. The predicted octanol–water partition coefficient (Wildman–Crippen LogP) is 20.1. The fraction of sp³-hybridized carbons (Fsp3) is 0.347. The van der Waals surface area contributed by atoms with Gasteiger partial charge in [0.05, 0.1) is 33.6 Å². The van der Waals surface area contributed by atoms with Gasteiger partial charge in [-0.25, -0.2) is 4.98 Å². The van der Waals surface area contributed by atoms with Crippen molar-refractivity contribution in [2.24, 2.45) is 0 Å². The third kappa shape index (κ3) is 9.52. The molecule has 0 spiro atoms. The van der Waals surface area contributed by atoms with Gasteiger partial charge < -0.3 is 14.5 Å². The summed E-state index contributed by atoms with van der Waals surface area (Å²) in [6.07, 6.45) is 4.06. The molecule has 5 heteroatoms. The molecule has 0 fully saturated rings. The third-order valence-electron chi connectivity index (χ3n) is 16.7. The Morgan fingerprint density at radius 2 is 1.09 bits per heavy atom. The molecule has 0 bridgehead atoms. The Hall–Kier alpha value is -7.11. The molecule has 3 heterocycles. The molecular formula is C72H80N4O. The van der Waals surface area contributed by atoms with Crippen LogP contribution in [0.5, 0.6) is 11.5 Å². The van der Waals surface area contributed by atoms with Crippen molar-refractivity contribution in [2.45, 2.75) is 156 Å². The van der Waals surface area contributed by atoms with Crippen LogP contribution in [-0.4, -0.2) is 16.2 Å². The molecule has 0 radical (unpaired) electrons. The van der Waals surface area contributed by atoms with E-state index in [2.05, 4.69) is 212 Å². The highest BCUT2D eigenvalue weighted by Crippen LogP contribution is 2.54. The molecule has 394 valence electrons. The zero-order valence-corrected chi connectivity index (χ0v) is 48.5. The van der Waals surface area contributed by atoms with Gasteiger partial charge in [0.2, 0.25) is 0 Å². The van der Waals surface area contributed by atoms with E-state index in [-0.39, 0.29) is 56.7 Å². The minimum atomic E-state index is -0.288. The van der Waals surface area contributed by atoms with Crippen LogP contribution in [0, 0.1) is 0 Å². The Balaban J connectivity index is 1.08. The van der Waals surface area contributed by atoms with E-state index in [1.807, 2.05) is 41.0 Å². The minimum absolute atomic E-state index is 0.0210. The molecule has 9 aromatic rings. The van der Waals surface area contributed by atoms with E-state index in [9.17, 15) is 1.37 Å². The minimum Gasteiger partial charge on any atom is -0.457 e. The van der Waals surface area contributed by atoms with Crippen LogP contribution in [0.4, 0.5) is 22.7 Å². The Morgan fingerprint density at radius 3 is 1.75 bits per heavy atom. The van der Waals surface area contributed by atoms with E-state index in [4.69, 9.17) is 13.8 Å². The average Bonchev–Trinajstić information content (AvgIpc) is 4.09. The molecule has 0 unspecified atom stereocenters. The SMILES string of the molecule is [2H]c1c([2H])c([2H])c2c(c1[2H])c1ccc(Oc3cccc(N4CN(c5c(-c6cc(C(C)(C)C)cc(C(C)(C)C)c6)cc(C(C)(C)C)cc5-c5ccc6c(c5)C(C)(C)CCC6(C)C)c5ccccc54)c3)cc1n2-c1cc(C(C)(C)C)ccn1. The van der Waals surface area contributed by atoms with Gasteiger partial charge in [0.15, 0.2) is 0 Å². The molecule has 2 aliphatic rings. The predicted molar refractivity (Wildman–Crippen MR) is 328 cm³/mol. The zero-order chi connectivity index (χ0) is 58.3. The lowest BCUT2D eigenvalue weighted by atomic mass is 9.63. The zero-order valence-electron chi connectivity index (χ0n) is 52.5. The molecule has 7 aromatic carbocycles. The van der Waals surface area contributed by atoms with E-state index in [1.54, 1.807) is 6.20 Å². The van der Waals surface area contributed by atoms with Crippen molar-refractivity contribution in [3.05, 3.63) is 191 Å². The van der Waals surface area contributed by atoms with Gasteiger partial charge >= 0.3 is 0 Å². The lowest BCUT2D eigenvalue weighted by Crippen LogP contribution is -2.33. The van der Waals surface area contributed by atoms with Gasteiger partial charge in [-0.3, -0.25) is 4.57 Å². The second kappa shape index (κ2) is 18.3. The summed E-state index contributed by atoms with van der Waals surface area (Å²) in [7, 11) is 0. The number of nitrogens with zero attached hydrogens (tertiary/aromatic N) is 4. The molecule has 5 nitrogen and oxygen atoms in total. The average molecular weight is 1020 g/mol. The van der Waals surface area contributed by atoms with Gasteiger partial charge in [-0.05, 0) is 157 Å². The van der Waals surface area contributed by atoms with Crippen LogP contribution >= 0.6 is 0 Å². The molecule has 1 aliphatic carbocycles. The van der Waals surface area contributed by atoms with Crippen LogP contribution in [0.2, 0.25) is 0 Å². The van der Waals surface area contributed by atoms with Crippen LogP contribution in [0.15, 0.2) is 158 Å². The first kappa shape index (κ1) is 47.1. The number of benzene rings is 7. The van der Waals surface area contributed by atoms with Gasteiger partial charge in [-0.15, -0.1) is 0 Å². The fourth-order valence-electron chi connectivity index (χ4n) is 11.7. The first-order chi connectivity index (χ1) is 37.8. The standard InChI is InChI=1S/C72H80N4O/c1-67(2,3)48-32-35-73-65(42-48)76-61-25-18-17-24-55(61)56-30-29-54(44-64(56)76)77-53-23-21-22-52(43-53)74-45-75(63-27-20-19-26-62(63)74)66-57(46-28-31-59-60(38-46)72(15,16)34-33-71(59,13)14)40-51(70(10,11)12)41-58(66)47-36-49(68(4,5)6)39-50(37-47)69(7,8)9/h17-32,35-44H,33-34,45H2,1-16H3/i17D,18D,24D,25D. The number of anilines is 4. The van der Waals surface area contributed by atoms with Crippen LogP contribution in [0.25, 0.3) is 49.9 Å².